The van der Waals surface area contributed by atoms with Crippen LogP contribution < -0.4 is 5.32 Å². The summed E-state index contributed by atoms with van der Waals surface area (Å²) in [5, 5.41) is 7.10. The van der Waals surface area contributed by atoms with Gasteiger partial charge in [-0.1, -0.05) is 0 Å². The van der Waals surface area contributed by atoms with Crippen LogP contribution in [0.4, 0.5) is 0 Å². The molecule has 2 amide bonds. The summed E-state index contributed by atoms with van der Waals surface area (Å²) in [6.07, 6.45) is 8.73. The Morgan fingerprint density at radius 1 is 1.21 bits per heavy atom. The van der Waals surface area contributed by atoms with Crippen LogP contribution in [0.5, 0.6) is 0 Å². The molecule has 0 spiro atoms. The van der Waals surface area contributed by atoms with Crippen LogP contribution >= 0.6 is 0 Å². The van der Waals surface area contributed by atoms with Crippen molar-refractivity contribution >= 4 is 11.8 Å². The van der Waals surface area contributed by atoms with Crippen LogP contribution in [0.3, 0.4) is 0 Å². The van der Waals surface area contributed by atoms with Crippen LogP contribution in [-0.2, 0) is 11.8 Å². The van der Waals surface area contributed by atoms with Crippen molar-refractivity contribution in [3.05, 3.63) is 18.0 Å². The summed E-state index contributed by atoms with van der Waals surface area (Å²) in [5.41, 5.74) is 0.582. The summed E-state index contributed by atoms with van der Waals surface area (Å²) in [7, 11) is 1.80. The van der Waals surface area contributed by atoms with Crippen molar-refractivity contribution in [2.45, 2.75) is 38.1 Å². The van der Waals surface area contributed by atoms with E-state index in [-0.39, 0.29) is 17.9 Å². The molecule has 0 aliphatic carbocycles. The predicted octanol–water partition coefficient (Wildman–Crippen LogP) is 0.627. The van der Waals surface area contributed by atoms with Gasteiger partial charge in [-0.3, -0.25) is 19.2 Å². The maximum absolute atomic E-state index is 12.4. The van der Waals surface area contributed by atoms with Gasteiger partial charge in [0.15, 0.2) is 0 Å². The maximum Gasteiger partial charge on any atom is 0.254 e. The molecule has 7 nitrogen and oxygen atoms in total. The van der Waals surface area contributed by atoms with E-state index in [4.69, 9.17) is 0 Å². The van der Waals surface area contributed by atoms with Crippen molar-refractivity contribution in [1.82, 2.24) is 24.9 Å². The molecule has 1 N–H and O–H groups in total. The number of nitrogens with zero attached hydrogens (tertiary/aromatic N) is 4. The number of amides is 2. The first-order valence-corrected chi connectivity index (χ1v) is 8.91. The largest absolute Gasteiger partial charge is 0.348 e. The molecule has 1 aromatic rings. The van der Waals surface area contributed by atoms with Crippen molar-refractivity contribution in [3.63, 3.8) is 0 Å². The normalized spacial score (nSPS) is 22.4. The highest BCUT2D eigenvalue weighted by Crippen LogP contribution is 2.13. The number of aryl methyl sites for hydroxylation is 1. The number of nitrogens with one attached hydrogen (secondary N) is 1. The lowest BCUT2D eigenvalue weighted by Gasteiger charge is -2.35. The molecule has 3 rings (SSSR count). The topological polar surface area (TPSA) is 70.5 Å². The highest BCUT2D eigenvalue weighted by molar-refractivity contribution is 5.93. The van der Waals surface area contributed by atoms with Gasteiger partial charge in [-0.2, -0.15) is 5.10 Å². The second-order valence-corrected chi connectivity index (χ2v) is 6.89. The second-order valence-electron chi connectivity index (χ2n) is 6.89. The molecule has 1 unspecified atom stereocenters. The number of piperidine rings is 2. The lowest BCUT2D eigenvalue weighted by molar-refractivity contribution is -0.133. The molecule has 2 aliphatic heterocycles. The van der Waals surface area contributed by atoms with Crippen molar-refractivity contribution in [3.8, 4) is 0 Å². The van der Waals surface area contributed by atoms with E-state index < -0.39 is 0 Å². The number of likely N-dealkylation sites (tertiary alicyclic amines) is 2. The number of aromatic nitrogens is 2. The summed E-state index contributed by atoms with van der Waals surface area (Å²) in [6.45, 7) is 3.94. The fourth-order valence-electron chi connectivity index (χ4n) is 3.56. The Morgan fingerprint density at radius 2 is 2.00 bits per heavy atom. The molecule has 0 radical (unpaired) electrons. The number of hydrogen-bond donors (Lipinski definition) is 1. The van der Waals surface area contributed by atoms with E-state index in [1.165, 1.54) is 6.42 Å². The smallest absolute Gasteiger partial charge is 0.254 e. The van der Waals surface area contributed by atoms with E-state index >= 15 is 0 Å². The van der Waals surface area contributed by atoms with Crippen LogP contribution in [0.1, 0.15) is 42.5 Å². The van der Waals surface area contributed by atoms with E-state index in [1.54, 1.807) is 24.1 Å². The van der Waals surface area contributed by atoms with Crippen molar-refractivity contribution in [1.29, 1.82) is 0 Å². The van der Waals surface area contributed by atoms with Crippen LogP contribution in [0.25, 0.3) is 0 Å². The van der Waals surface area contributed by atoms with Crippen molar-refractivity contribution < 1.29 is 9.59 Å². The highest BCUT2D eigenvalue weighted by Gasteiger charge is 2.25. The Bertz CT molecular complexity index is 579. The van der Waals surface area contributed by atoms with Gasteiger partial charge in [0.25, 0.3) is 5.91 Å². The van der Waals surface area contributed by atoms with E-state index in [0.717, 1.165) is 51.9 Å². The molecule has 0 bridgehead atoms. The molecule has 1 aromatic heterocycles. The van der Waals surface area contributed by atoms with Gasteiger partial charge in [0.1, 0.15) is 0 Å². The monoisotopic (exact) mass is 333 g/mol. The standard InChI is InChI=1S/C17H27N5O2/c1-20-11-14(10-18-20)17(24)19-15-6-5-7-21(12-15)13-16(23)22-8-3-2-4-9-22/h10-11,15H,2-9,12-13H2,1H3,(H,19,24). The van der Waals surface area contributed by atoms with Crippen LogP contribution in [0.2, 0.25) is 0 Å². The Hall–Kier alpha value is -1.89. The molecular weight excluding hydrogens is 306 g/mol. The molecular formula is C17H27N5O2. The number of rotatable bonds is 4. The molecule has 2 aliphatic rings. The van der Waals surface area contributed by atoms with Gasteiger partial charge in [-0.15, -0.1) is 0 Å². The molecule has 2 saturated heterocycles. The minimum atomic E-state index is -0.0858. The summed E-state index contributed by atoms with van der Waals surface area (Å²) >= 11 is 0. The van der Waals surface area contributed by atoms with E-state index in [2.05, 4.69) is 15.3 Å². The van der Waals surface area contributed by atoms with Gasteiger partial charge in [0.05, 0.1) is 18.3 Å². The van der Waals surface area contributed by atoms with E-state index in [0.29, 0.717) is 12.1 Å². The second kappa shape index (κ2) is 7.79. The molecule has 3 heterocycles. The highest BCUT2D eigenvalue weighted by atomic mass is 16.2. The molecule has 132 valence electrons. The summed E-state index contributed by atoms with van der Waals surface area (Å²) in [6, 6.07) is 0.0978. The van der Waals surface area contributed by atoms with Gasteiger partial charge >= 0.3 is 0 Å². The zero-order chi connectivity index (χ0) is 16.9. The minimum absolute atomic E-state index is 0.0858. The number of carbonyl (C=O) groups is 2. The number of hydrogen-bond acceptors (Lipinski definition) is 4. The average Bonchev–Trinajstić information content (AvgIpc) is 3.02. The fraction of sp³-hybridized carbons (Fsp3) is 0.706. The molecule has 0 aromatic carbocycles. The Labute approximate surface area is 143 Å². The quantitative estimate of drug-likeness (QED) is 0.877. The van der Waals surface area contributed by atoms with E-state index in [9.17, 15) is 9.59 Å². The summed E-state index contributed by atoms with van der Waals surface area (Å²) < 4.78 is 1.62. The Balaban J connectivity index is 1.48. The van der Waals surface area contributed by atoms with Crippen molar-refractivity contribution in [2.75, 3.05) is 32.7 Å². The van der Waals surface area contributed by atoms with Gasteiger partial charge in [0.2, 0.25) is 5.91 Å². The zero-order valence-corrected chi connectivity index (χ0v) is 14.4. The molecule has 1 atom stereocenters. The van der Waals surface area contributed by atoms with E-state index in [1.807, 2.05) is 4.90 Å². The third-order valence-corrected chi connectivity index (χ3v) is 4.88. The van der Waals surface area contributed by atoms with Gasteiger partial charge in [-0.05, 0) is 38.6 Å². The first-order chi connectivity index (χ1) is 11.6. The van der Waals surface area contributed by atoms with Gasteiger partial charge in [-0.25, -0.2) is 0 Å². The maximum atomic E-state index is 12.4. The lowest BCUT2D eigenvalue weighted by Crippen LogP contribution is -2.51. The predicted molar refractivity (Wildman–Crippen MR) is 90.6 cm³/mol. The Morgan fingerprint density at radius 3 is 2.71 bits per heavy atom. The van der Waals surface area contributed by atoms with Gasteiger partial charge in [0, 0.05) is 38.9 Å². The molecule has 24 heavy (non-hydrogen) atoms. The minimum Gasteiger partial charge on any atom is -0.348 e. The van der Waals surface area contributed by atoms with Crippen LogP contribution in [0, 0.1) is 0 Å². The third kappa shape index (κ3) is 4.35. The van der Waals surface area contributed by atoms with Crippen LogP contribution in [0.15, 0.2) is 12.4 Å². The molecule has 2 fully saturated rings. The van der Waals surface area contributed by atoms with Crippen molar-refractivity contribution in [2.24, 2.45) is 7.05 Å². The van der Waals surface area contributed by atoms with Gasteiger partial charge < -0.3 is 10.2 Å². The zero-order valence-electron chi connectivity index (χ0n) is 14.4. The third-order valence-electron chi connectivity index (χ3n) is 4.88. The first-order valence-electron chi connectivity index (χ1n) is 8.91. The number of carbonyl (C=O) groups excluding carboxylic acids is 2. The first kappa shape index (κ1) is 17.0. The van der Waals surface area contributed by atoms with Crippen LogP contribution in [-0.4, -0.2) is 70.2 Å². The lowest BCUT2D eigenvalue weighted by atomic mass is 10.0. The fourth-order valence-corrected chi connectivity index (χ4v) is 3.56. The SMILES string of the molecule is Cn1cc(C(=O)NC2CCCN(CC(=O)N3CCCCC3)C2)cn1. The molecule has 0 saturated carbocycles. The summed E-state index contributed by atoms with van der Waals surface area (Å²) in [4.78, 5) is 28.8. The molecule has 7 heteroatoms. The Kier molecular flexibility index (Phi) is 5.50. The summed E-state index contributed by atoms with van der Waals surface area (Å²) in [5.74, 6) is 0.145. The average molecular weight is 333 g/mol.